The highest BCUT2D eigenvalue weighted by atomic mass is 35.5. The number of anilines is 1. The lowest BCUT2D eigenvalue weighted by molar-refractivity contribution is -0.138. The molecule has 0 aromatic heterocycles. The molecule has 150 valence electrons. The van der Waals surface area contributed by atoms with E-state index in [9.17, 15) is 22.8 Å². The molecule has 3 rings (SSSR count). The second-order valence-corrected chi connectivity index (χ2v) is 6.65. The first-order valence-corrected chi connectivity index (χ1v) is 8.80. The Morgan fingerprint density at radius 1 is 1.14 bits per heavy atom. The second kappa shape index (κ2) is 7.75. The van der Waals surface area contributed by atoms with Crippen molar-refractivity contribution in [3.63, 3.8) is 0 Å². The quantitative estimate of drug-likeness (QED) is 0.503. The first-order valence-electron chi connectivity index (χ1n) is 8.42. The third-order valence-corrected chi connectivity index (χ3v) is 4.66. The van der Waals surface area contributed by atoms with Gasteiger partial charge in [-0.2, -0.15) is 13.2 Å². The van der Waals surface area contributed by atoms with Crippen molar-refractivity contribution in [3.8, 4) is 0 Å². The minimum Gasteiger partial charge on any atom is -0.465 e. The molecule has 1 aliphatic rings. The molecule has 0 N–H and O–H groups in total. The van der Waals surface area contributed by atoms with E-state index in [2.05, 4.69) is 0 Å². The van der Waals surface area contributed by atoms with E-state index in [-0.39, 0.29) is 22.4 Å². The molecule has 29 heavy (non-hydrogen) atoms. The number of allylic oxidation sites excluding steroid dienone is 1. The molecule has 2 aromatic rings. The molecule has 0 unspecified atom stereocenters. The smallest absolute Gasteiger partial charge is 0.416 e. The van der Waals surface area contributed by atoms with Crippen LogP contribution in [-0.2, 0) is 20.5 Å². The van der Waals surface area contributed by atoms with Crippen LogP contribution in [-0.4, -0.2) is 19.0 Å². The number of benzene rings is 2. The molecule has 0 saturated heterocycles. The fraction of sp³-hybridized carbons (Fsp3) is 0.143. The molecule has 1 aliphatic heterocycles. The van der Waals surface area contributed by atoms with Gasteiger partial charge in [-0.05, 0) is 42.8 Å². The molecule has 1 heterocycles. The van der Waals surface area contributed by atoms with E-state index in [4.69, 9.17) is 16.3 Å². The SMILES string of the molecule is COC(=O)C1=C(C)N(c2cccc(Cl)c2)C(=O)/C1=C\c1ccccc1C(F)(F)F. The zero-order valence-corrected chi connectivity index (χ0v) is 16.1. The van der Waals surface area contributed by atoms with Gasteiger partial charge in [-0.1, -0.05) is 35.9 Å². The first kappa shape index (κ1) is 20.7. The molecular formula is C21H15ClF3NO3. The van der Waals surface area contributed by atoms with E-state index >= 15 is 0 Å². The number of rotatable bonds is 3. The number of nitrogens with zero attached hydrogens (tertiary/aromatic N) is 1. The van der Waals surface area contributed by atoms with Crippen molar-refractivity contribution in [1.82, 2.24) is 0 Å². The predicted octanol–water partition coefficient (Wildman–Crippen LogP) is 5.24. The maximum absolute atomic E-state index is 13.4. The van der Waals surface area contributed by atoms with Gasteiger partial charge >= 0.3 is 12.1 Å². The minimum atomic E-state index is -4.62. The molecule has 0 bridgehead atoms. The van der Waals surface area contributed by atoms with E-state index in [1.54, 1.807) is 18.2 Å². The molecule has 2 aromatic carbocycles. The number of esters is 1. The number of hydrogen-bond acceptors (Lipinski definition) is 3. The number of methoxy groups -OCH3 is 1. The van der Waals surface area contributed by atoms with Crippen LogP contribution in [0.15, 0.2) is 65.4 Å². The van der Waals surface area contributed by atoms with Gasteiger partial charge in [-0.3, -0.25) is 9.69 Å². The Morgan fingerprint density at radius 3 is 2.45 bits per heavy atom. The topological polar surface area (TPSA) is 46.6 Å². The third-order valence-electron chi connectivity index (χ3n) is 4.42. The van der Waals surface area contributed by atoms with Crippen molar-refractivity contribution in [2.75, 3.05) is 12.0 Å². The molecule has 0 aliphatic carbocycles. The maximum atomic E-state index is 13.4. The molecule has 0 fully saturated rings. The maximum Gasteiger partial charge on any atom is 0.416 e. The molecule has 0 spiro atoms. The summed E-state index contributed by atoms with van der Waals surface area (Å²) in [5.74, 6) is -1.47. The number of halogens is 4. The number of alkyl halides is 3. The Balaban J connectivity index is 2.20. The molecule has 1 amide bonds. The molecule has 4 nitrogen and oxygen atoms in total. The molecule has 0 radical (unpaired) electrons. The molecular weight excluding hydrogens is 407 g/mol. The normalized spacial score (nSPS) is 16.0. The third kappa shape index (κ3) is 3.91. The van der Waals surface area contributed by atoms with Crippen LogP contribution in [0.1, 0.15) is 18.1 Å². The van der Waals surface area contributed by atoms with E-state index in [1.807, 2.05) is 0 Å². The van der Waals surface area contributed by atoms with Gasteiger partial charge in [-0.25, -0.2) is 4.79 Å². The zero-order chi connectivity index (χ0) is 21.3. The Kier molecular flexibility index (Phi) is 5.53. The summed E-state index contributed by atoms with van der Waals surface area (Å²) in [6.07, 6.45) is -3.56. The largest absolute Gasteiger partial charge is 0.465 e. The van der Waals surface area contributed by atoms with Gasteiger partial charge in [0.25, 0.3) is 5.91 Å². The van der Waals surface area contributed by atoms with Gasteiger partial charge in [0.1, 0.15) is 0 Å². The van der Waals surface area contributed by atoms with E-state index in [0.29, 0.717) is 10.7 Å². The fourth-order valence-corrected chi connectivity index (χ4v) is 3.33. The minimum absolute atomic E-state index is 0.102. The molecule has 8 heteroatoms. The summed E-state index contributed by atoms with van der Waals surface area (Å²) in [5.41, 5.74) is -0.817. The summed E-state index contributed by atoms with van der Waals surface area (Å²) in [6.45, 7) is 1.52. The summed E-state index contributed by atoms with van der Waals surface area (Å²) < 4.78 is 44.8. The fourth-order valence-electron chi connectivity index (χ4n) is 3.14. The average molecular weight is 422 g/mol. The number of amides is 1. The average Bonchev–Trinajstić information content (AvgIpc) is 2.90. The van der Waals surface area contributed by atoms with Crippen LogP contribution in [0, 0.1) is 0 Å². The van der Waals surface area contributed by atoms with Crippen LogP contribution in [0.2, 0.25) is 5.02 Å². The summed E-state index contributed by atoms with van der Waals surface area (Å²) in [4.78, 5) is 26.7. The molecule has 0 saturated carbocycles. The van der Waals surface area contributed by atoms with Crippen molar-refractivity contribution >= 4 is 35.2 Å². The standard InChI is InChI=1S/C21H15ClF3NO3/c1-12-18(20(28)29-2)16(10-13-6-3-4-9-17(13)21(23,24)25)19(27)26(12)15-8-5-7-14(22)11-15/h3-11H,1-2H3/b16-10-. The van der Waals surface area contributed by atoms with Crippen molar-refractivity contribution < 1.29 is 27.5 Å². The zero-order valence-electron chi connectivity index (χ0n) is 15.4. The van der Waals surface area contributed by atoms with Crippen LogP contribution in [0.4, 0.5) is 18.9 Å². The lowest BCUT2D eigenvalue weighted by Gasteiger charge is -2.18. The van der Waals surface area contributed by atoms with Gasteiger partial charge in [0.2, 0.25) is 0 Å². The highest BCUT2D eigenvalue weighted by Crippen LogP contribution is 2.38. The number of carbonyl (C=O) groups excluding carboxylic acids is 2. The van der Waals surface area contributed by atoms with Crippen molar-refractivity contribution in [2.24, 2.45) is 0 Å². The van der Waals surface area contributed by atoms with Gasteiger partial charge in [0, 0.05) is 10.7 Å². The summed E-state index contributed by atoms with van der Waals surface area (Å²) in [5, 5.41) is 0.363. The summed E-state index contributed by atoms with van der Waals surface area (Å²) in [6, 6.07) is 11.2. The Labute approximate surface area is 169 Å². The van der Waals surface area contributed by atoms with Gasteiger partial charge in [0.15, 0.2) is 0 Å². The Morgan fingerprint density at radius 2 is 1.83 bits per heavy atom. The highest BCUT2D eigenvalue weighted by molar-refractivity contribution is 6.31. The first-order chi connectivity index (χ1) is 13.6. The van der Waals surface area contributed by atoms with Crippen molar-refractivity contribution in [2.45, 2.75) is 13.1 Å². The summed E-state index contributed by atoms with van der Waals surface area (Å²) in [7, 11) is 1.14. The van der Waals surface area contributed by atoms with E-state index in [1.165, 1.54) is 36.1 Å². The Hall–Kier alpha value is -3.06. The summed E-state index contributed by atoms with van der Waals surface area (Å²) >= 11 is 6.00. The number of ether oxygens (including phenoxy) is 1. The lowest BCUT2D eigenvalue weighted by Crippen LogP contribution is -2.24. The number of carbonyl (C=O) groups is 2. The predicted molar refractivity (Wildman–Crippen MR) is 103 cm³/mol. The monoisotopic (exact) mass is 421 g/mol. The van der Waals surface area contributed by atoms with E-state index in [0.717, 1.165) is 19.3 Å². The van der Waals surface area contributed by atoms with Gasteiger partial charge in [-0.15, -0.1) is 0 Å². The Bertz CT molecular complexity index is 1060. The number of hydrogen-bond donors (Lipinski definition) is 0. The molecule has 0 atom stereocenters. The van der Waals surface area contributed by atoms with Crippen molar-refractivity contribution in [3.05, 3.63) is 81.5 Å². The van der Waals surface area contributed by atoms with Crippen molar-refractivity contribution in [1.29, 1.82) is 0 Å². The van der Waals surface area contributed by atoms with Crippen LogP contribution < -0.4 is 4.90 Å². The van der Waals surface area contributed by atoms with Crippen LogP contribution >= 0.6 is 11.6 Å². The van der Waals surface area contributed by atoms with E-state index < -0.39 is 23.6 Å². The second-order valence-electron chi connectivity index (χ2n) is 6.22. The van der Waals surface area contributed by atoms with Gasteiger partial charge < -0.3 is 4.74 Å². The highest BCUT2D eigenvalue weighted by Gasteiger charge is 2.39. The van der Waals surface area contributed by atoms with Gasteiger partial charge in [0.05, 0.1) is 29.5 Å². The van der Waals surface area contributed by atoms with Crippen LogP contribution in [0.25, 0.3) is 6.08 Å². The van der Waals surface area contributed by atoms with Crippen LogP contribution in [0.5, 0.6) is 0 Å². The van der Waals surface area contributed by atoms with Crippen LogP contribution in [0.3, 0.4) is 0 Å². The lowest BCUT2D eigenvalue weighted by atomic mass is 10.00.